The molecule has 0 aliphatic carbocycles. The fourth-order valence-corrected chi connectivity index (χ4v) is 3.78. The zero-order valence-corrected chi connectivity index (χ0v) is 14.1. The average Bonchev–Trinajstić information content (AvgIpc) is 3.09. The summed E-state index contributed by atoms with van der Waals surface area (Å²) < 4.78 is 5.48. The number of carbonyl (C=O) groups excluding carboxylic acids is 1. The Kier molecular flexibility index (Phi) is 3.83. The fourth-order valence-electron chi connectivity index (χ4n) is 2.66. The van der Waals surface area contributed by atoms with Crippen LogP contribution in [-0.2, 0) is 14.3 Å². The molecule has 2 saturated heterocycles. The molecule has 1 unspecified atom stereocenters. The third-order valence-electron chi connectivity index (χ3n) is 3.64. The minimum Gasteiger partial charge on any atom is -1.00 e. The molecule has 21 heavy (non-hydrogen) atoms. The van der Waals surface area contributed by atoms with E-state index in [9.17, 15) is 9.59 Å². The molecule has 2 N–H and O–H groups in total. The van der Waals surface area contributed by atoms with E-state index in [0.717, 1.165) is 18.7 Å². The molecular formula is C12H12N3NaO4S. The van der Waals surface area contributed by atoms with E-state index in [0.29, 0.717) is 5.57 Å². The summed E-state index contributed by atoms with van der Waals surface area (Å²) in [4.78, 5) is 24.4. The SMILES string of the molecule is O=C(O)C1=CS[C@@H]2C(=CC3=COC4CCNN34)C(=O)N12.[H-].[Na+]. The number of fused-ring (bicyclic) bond motifs is 2. The van der Waals surface area contributed by atoms with Crippen molar-refractivity contribution in [2.45, 2.75) is 18.0 Å². The van der Waals surface area contributed by atoms with E-state index in [-0.39, 0.29) is 54.2 Å². The molecule has 0 radical (unpaired) electrons. The first-order chi connectivity index (χ1) is 9.66. The third-order valence-corrected chi connectivity index (χ3v) is 4.72. The Morgan fingerprint density at radius 1 is 1.62 bits per heavy atom. The van der Waals surface area contributed by atoms with Gasteiger partial charge in [0.2, 0.25) is 0 Å². The average molecular weight is 317 g/mol. The van der Waals surface area contributed by atoms with Gasteiger partial charge in [0.05, 0.1) is 11.3 Å². The Morgan fingerprint density at radius 3 is 3.19 bits per heavy atom. The number of aliphatic carboxylic acids is 1. The molecule has 106 valence electrons. The Labute approximate surface area is 148 Å². The molecule has 4 rings (SSSR count). The number of carboxylic acid groups (broad SMARTS) is 1. The van der Waals surface area contributed by atoms with Crippen molar-refractivity contribution in [3.63, 3.8) is 0 Å². The minimum absolute atomic E-state index is 0. The quantitative estimate of drug-likeness (QED) is 0.325. The summed E-state index contributed by atoms with van der Waals surface area (Å²) in [5, 5.41) is 12.2. The van der Waals surface area contributed by atoms with Gasteiger partial charge in [-0.1, -0.05) is 0 Å². The molecule has 9 heteroatoms. The van der Waals surface area contributed by atoms with Crippen molar-refractivity contribution in [1.82, 2.24) is 15.3 Å². The van der Waals surface area contributed by atoms with E-state index < -0.39 is 5.97 Å². The number of rotatable bonds is 2. The van der Waals surface area contributed by atoms with Gasteiger partial charge in [-0.05, 0) is 6.08 Å². The summed E-state index contributed by atoms with van der Waals surface area (Å²) in [6.45, 7) is 0.841. The molecule has 4 aliphatic heterocycles. The molecule has 7 nitrogen and oxygen atoms in total. The second-order valence-electron chi connectivity index (χ2n) is 4.77. The van der Waals surface area contributed by atoms with Gasteiger partial charge in [-0.15, -0.1) is 11.8 Å². The van der Waals surface area contributed by atoms with Crippen molar-refractivity contribution in [3.8, 4) is 0 Å². The van der Waals surface area contributed by atoms with Crippen molar-refractivity contribution >= 4 is 23.6 Å². The van der Waals surface area contributed by atoms with Crippen LogP contribution < -0.4 is 35.0 Å². The van der Waals surface area contributed by atoms with Crippen molar-refractivity contribution in [1.29, 1.82) is 0 Å². The van der Waals surface area contributed by atoms with Crippen LogP contribution in [0.15, 0.2) is 34.7 Å². The van der Waals surface area contributed by atoms with Crippen LogP contribution in [0.25, 0.3) is 0 Å². The summed E-state index contributed by atoms with van der Waals surface area (Å²) in [7, 11) is 0. The fraction of sp³-hybridized carbons (Fsp3) is 0.333. The molecule has 0 aromatic heterocycles. The smallest absolute Gasteiger partial charge is 1.00 e. The van der Waals surface area contributed by atoms with Crippen molar-refractivity contribution in [2.24, 2.45) is 0 Å². The minimum atomic E-state index is -1.07. The molecule has 4 heterocycles. The van der Waals surface area contributed by atoms with Gasteiger partial charge in [0.15, 0.2) is 6.23 Å². The second kappa shape index (κ2) is 5.36. The van der Waals surface area contributed by atoms with Gasteiger partial charge in [0, 0.05) is 18.4 Å². The number of carboxylic acids is 1. The van der Waals surface area contributed by atoms with E-state index in [2.05, 4.69) is 5.43 Å². The van der Waals surface area contributed by atoms with Gasteiger partial charge in [-0.2, -0.15) is 0 Å². The van der Waals surface area contributed by atoms with Gasteiger partial charge >= 0.3 is 35.5 Å². The first kappa shape index (κ1) is 15.0. The largest absolute Gasteiger partial charge is 1.00 e. The number of amides is 1. The molecule has 0 aromatic rings. The molecular weight excluding hydrogens is 305 g/mol. The number of ether oxygens (including phenoxy) is 1. The van der Waals surface area contributed by atoms with Crippen LogP contribution in [0.4, 0.5) is 0 Å². The Hall–Kier alpha value is -0.930. The molecule has 1 amide bonds. The van der Waals surface area contributed by atoms with E-state index in [1.165, 1.54) is 22.1 Å². The number of allylic oxidation sites excluding steroid dienone is 1. The number of thioether (sulfide) groups is 1. The number of nitrogens with one attached hydrogen (secondary N) is 1. The molecule has 0 spiro atoms. The third kappa shape index (κ3) is 2.13. The summed E-state index contributed by atoms with van der Waals surface area (Å²) in [6.07, 6.45) is 4.29. The number of nitrogens with zero attached hydrogens (tertiary/aromatic N) is 2. The van der Waals surface area contributed by atoms with Gasteiger partial charge in [-0.25, -0.2) is 10.2 Å². The first-order valence-corrected chi connectivity index (χ1v) is 7.13. The summed E-state index contributed by atoms with van der Waals surface area (Å²) in [5.74, 6) is -1.32. The van der Waals surface area contributed by atoms with Crippen LogP contribution in [0, 0.1) is 0 Å². The number of hydrazine groups is 1. The normalized spacial score (nSPS) is 31.0. The van der Waals surface area contributed by atoms with E-state index in [4.69, 9.17) is 9.84 Å². The topological polar surface area (TPSA) is 82.1 Å². The predicted octanol–water partition coefficient (Wildman–Crippen LogP) is -2.72. The molecule has 0 aromatic carbocycles. The van der Waals surface area contributed by atoms with Crippen molar-refractivity contribution in [3.05, 3.63) is 34.7 Å². The van der Waals surface area contributed by atoms with Crippen LogP contribution >= 0.6 is 11.8 Å². The number of β-lactam (4-membered cyclic amide) rings is 1. The van der Waals surface area contributed by atoms with E-state index >= 15 is 0 Å². The second-order valence-corrected chi connectivity index (χ2v) is 5.73. The zero-order valence-electron chi connectivity index (χ0n) is 12.3. The summed E-state index contributed by atoms with van der Waals surface area (Å²) >= 11 is 1.34. The summed E-state index contributed by atoms with van der Waals surface area (Å²) in [6, 6.07) is 0. The van der Waals surface area contributed by atoms with Gasteiger partial charge < -0.3 is 11.3 Å². The predicted molar refractivity (Wildman–Crippen MR) is 70.6 cm³/mol. The first-order valence-electron chi connectivity index (χ1n) is 6.19. The molecule has 0 bridgehead atoms. The van der Waals surface area contributed by atoms with Crippen molar-refractivity contribution in [2.75, 3.05) is 6.54 Å². The van der Waals surface area contributed by atoms with Crippen LogP contribution in [0.1, 0.15) is 7.85 Å². The molecule has 4 aliphatic rings. The standard InChI is InChI=1S/C12H11N3O4S.Na.H/c16-10-7(11-14(10)8(5-20-11)12(17)18)3-6-4-19-9-1-2-13-15(6)9;;/h3-5,9,11,13H,1-2H2,(H,17,18);;/q;+1;-1/t9?,11-;;/m1../s1. The van der Waals surface area contributed by atoms with Crippen LogP contribution in [0.2, 0.25) is 0 Å². The summed E-state index contributed by atoms with van der Waals surface area (Å²) in [5.41, 5.74) is 4.64. The number of carbonyl (C=O) groups is 2. The monoisotopic (exact) mass is 317 g/mol. The van der Waals surface area contributed by atoms with Crippen LogP contribution in [-0.4, -0.2) is 45.0 Å². The Morgan fingerprint density at radius 2 is 2.43 bits per heavy atom. The van der Waals surface area contributed by atoms with Gasteiger partial charge in [-0.3, -0.25) is 14.7 Å². The van der Waals surface area contributed by atoms with E-state index in [1.807, 2.05) is 5.01 Å². The van der Waals surface area contributed by atoms with Gasteiger partial charge in [0.1, 0.15) is 17.3 Å². The zero-order chi connectivity index (χ0) is 13.9. The van der Waals surface area contributed by atoms with Crippen molar-refractivity contribution < 1.29 is 50.4 Å². The maximum atomic E-state index is 12.1. The van der Waals surface area contributed by atoms with Crippen LogP contribution in [0.3, 0.4) is 0 Å². The maximum Gasteiger partial charge on any atom is 1.00 e. The number of hydrogen-bond acceptors (Lipinski definition) is 6. The Bertz CT molecular complexity index is 623. The van der Waals surface area contributed by atoms with Gasteiger partial charge in [0.25, 0.3) is 5.91 Å². The number of hydrogen-bond donors (Lipinski definition) is 2. The Balaban J connectivity index is 0.000000882. The molecule has 2 atom stereocenters. The molecule has 2 fully saturated rings. The maximum absolute atomic E-state index is 12.1. The van der Waals surface area contributed by atoms with E-state index in [1.54, 1.807) is 12.3 Å². The van der Waals surface area contributed by atoms with Crippen LogP contribution in [0.5, 0.6) is 0 Å². The molecule has 0 saturated carbocycles.